The van der Waals surface area contributed by atoms with Gasteiger partial charge in [-0.05, 0) is 53.6 Å². The average Bonchev–Trinajstić information content (AvgIpc) is 3.26. The summed E-state index contributed by atoms with van der Waals surface area (Å²) in [4.78, 5) is 33.2. The molecule has 1 saturated heterocycles. The monoisotopic (exact) mass is 616 g/mol. The Bertz CT molecular complexity index is 1520. The summed E-state index contributed by atoms with van der Waals surface area (Å²) in [5, 5.41) is 9.80. The van der Waals surface area contributed by atoms with Crippen LogP contribution in [0.1, 0.15) is 46.7 Å². The molecule has 1 aliphatic heterocycles. The van der Waals surface area contributed by atoms with Gasteiger partial charge in [0.25, 0.3) is 5.91 Å². The zero-order valence-electron chi connectivity index (χ0n) is 26.4. The van der Waals surface area contributed by atoms with Gasteiger partial charge in [-0.3, -0.25) is 14.6 Å². The van der Waals surface area contributed by atoms with Crippen molar-refractivity contribution in [2.75, 3.05) is 33.2 Å². The van der Waals surface area contributed by atoms with Gasteiger partial charge in [-0.2, -0.15) is 0 Å². The van der Waals surface area contributed by atoms with Crippen molar-refractivity contribution in [1.82, 2.24) is 20.9 Å². The van der Waals surface area contributed by atoms with Crippen LogP contribution in [0.4, 0.5) is 0 Å². The molecule has 0 spiro atoms. The van der Waals surface area contributed by atoms with E-state index in [1.807, 2.05) is 83.8 Å². The first-order chi connectivity index (χ1) is 22.5. The van der Waals surface area contributed by atoms with Crippen molar-refractivity contribution in [3.8, 4) is 11.1 Å². The minimum absolute atomic E-state index is 0.0457. The van der Waals surface area contributed by atoms with Gasteiger partial charge in [0.15, 0.2) is 5.96 Å². The number of rotatable bonds is 12. The molecule has 0 saturated carbocycles. The van der Waals surface area contributed by atoms with Gasteiger partial charge in [0.1, 0.15) is 0 Å². The van der Waals surface area contributed by atoms with Crippen LogP contribution < -0.4 is 21.7 Å². The topological polar surface area (TPSA) is 112 Å². The molecule has 0 aromatic heterocycles. The second-order valence-corrected chi connectivity index (χ2v) is 11.7. The second-order valence-electron chi connectivity index (χ2n) is 11.7. The highest BCUT2D eigenvalue weighted by atomic mass is 16.2. The van der Waals surface area contributed by atoms with Crippen molar-refractivity contribution in [2.24, 2.45) is 10.7 Å². The molecule has 46 heavy (non-hydrogen) atoms. The van der Waals surface area contributed by atoms with Crippen molar-refractivity contribution >= 4 is 17.8 Å². The minimum atomic E-state index is -0.386. The van der Waals surface area contributed by atoms with E-state index in [1.54, 1.807) is 7.05 Å². The molecule has 1 aliphatic rings. The van der Waals surface area contributed by atoms with Crippen molar-refractivity contribution in [1.29, 1.82) is 0 Å². The quantitative estimate of drug-likeness (QED) is 0.104. The summed E-state index contributed by atoms with van der Waals surface area (Å²) in [5.74, 6) is 0.383. The fraction of sp³-hybridized carbons (Fsp3) is 0.289. The zero-order valence-corrected chi connectivity index (χ0v) is 26.4. The summed E-state index contributed by atoms with van der Waals surface area (Å²) in [5.41, 5.74) is 11.0. The molecule has 2 amide bonds. The molecule has 0 aliphatic carbocycles. The summed E-state index contributed by atoms with van der Waals surface area (Å²) in [6, 6.07) is 38.1. The minimum Gasteiger partial charge on any atom is -0.370 e. The van der Waals surface area contributed by atoms with E-state index in [-0.39, 0.29) is 29.8 Å². The number of nitrogens with zero attached hydrogens (tertiary/aromatic N) is 2. The Morgan fingerprint density at radius 3 is 2.07 bits per heavy atom. The lowest BCUT2D eigenvalue weighted by molar-refractivity contribution is -0.133. The highest BCUT2D eigenvalue weighted by molar-refractivity contribution is 5.94. The lowest BCUT2D eigenvalue weighted by atomic mass is 9.90. The van der Waals surface area contributed by atoms with Crippen LogP contribution in [-0.4, -0.2) is 68.0 Å². The zero-order chi connectivity index (χ0) is 32.1. The Hall–Kier alpha value is -4.95. The Balaban J connectivity index is 1.28. The first-order valence-corrected chi connectivity index (χ1v) is 16.1. The molecule has 5 N–H and O–H groups in total. The van der Waals surface area contributed by atoms with Gasteiger partial charge in [0.05, 0.1) is 6.04 Å². The van der Waals surface area contributed by atoms with E-state index in [0.717, 1.165) is 24.0 Å². The summed E-state index contributed by atoms with van der Waals surface area (Å²) < 4.78 is 0. The Kier molecular flexibility index (Phi) is 11.6. The molecule has 0 bridgehead atoms. The summed E-state index contributed by atoms with van der Waals surface area (Å²) >= 11 is 0. The van der Waals surface area contributed by atoms with Crippen molar-refractivity contribution in [3.63, 3.8) is 0 Å². The molecule has 8 nitrogen and oxygen atoms in total. The largest absolute Gasteiger partial charge is 0.370 e. The number of carbonyl (C=O) groups excluding carboxylic acids is 2. The number of guanidine groups is 1. The average molecular weight is 617 g/mol. The Labute approximate surface area is 272 Å². The maximum atomic E-state index is 14.1. The summed E-state index contributed by atoms with van der Waals surface area (Å²) in [6.45, 7) is 2.21. The van der Waals surface area contributed by atoms with Crippen molar-refractivity contribution in [3.05, 3.63) is 132 Å². The second kappa shape index (κ2) is 16.4. The van der Waals surface area contributed by atoms with Crippen LogP contribution >= 0.6 is 0 Å². The molecule has 1 heterocycles. The van der Waals surface area contributed by atoms with Crippen LogP contribution in [-0.2, 0) is 4.79 Å². The molecule has 4 aromatic carbocycles. The standard InChI is InChI=1S/C38H44N6O2/c1-40-38(39)41-24-11-18-35-37(46)44(27-34(30-14-7-3-8-15-30)31-16-9-4-10-17-31)25-23-33(43-35)26-42-36(45)32-21-19-29(20-22-32)28-12-5-2-6-13-28/h2-10,12-17,19-22,33-35,43H,11,18,23-27H2,1H3,(H,42,45)(H3,39,40,41). The highest BCUT2D eigenvalue weighted by Crippen LogP contribution is 2.27. The summed E-state index contributed by atoms with van der Waals surface area (Å²) in [6.07, 6.45) is 2.09. The first kappa shape index (κ1) is 32.4. The number of benzene rings is 4. The van der Waals surface area contributed by atoms with Gasteiger partial charge in [0, 0.05) is 50.7 Å². The fourth-order valence-corrected chi connectivity index (χ4v) is 5.99. The van der Waals surface area contributed by atoms with Gasteiger partial charge in [-0.15, -0.1) is 0 Å². The van der Waals surface area contributed by atoms with Crippen molar-refractivity contribution in [2.45, 2.75) is 37.3 Å². The lowest BCUT2D eigenvalue weighted by Gasteiger charge is -2.29. The SMILES string of the molecule is CN=C(N)NCCCC1NC(CNC(=O)c2ccc(-c3ccccc3)cc2)CCN(CC(c2ccccc2)c2ccccc2)C1=O. The summed E-state index contributed by atoms with van der Waals surface area (Å²) in [7, 11) is 1.64. The number of hydrogen-bond acceptors (Lipinski definition) is 4. The third kappa shape index (κ3) is 8.82. The van der Waals surface area contributed by atoms with Crippen LogP contribution in [0.15, 0.2) is 120 Å². The third-order valence-corrected chi connectivity index (χ3v) is 8.58. The third-order valence-electron chi connectivity index (χ3n) is 8.58. The molecule has 238 valence electrons. The van der Waals surface area contributed by atoms with E-state index in [9.17, 15) is 9.59 Å². The van der Waals surface area contributed by atoms with Crippen LogP contribution in [0.25, 0.3) is 11.1 Å². The van der Waals surface area contributed by atoms with Gasteiger partial charge in [-0.1, -0.05) is 103 Å². The molecule has 8 heteroatoms. The number of hydrogen-bond donors (Lipinski definition) is 4. The smallest absolute Gasteiger partial charge is 0.251 e. The van der Waals surface area contributed by atoms with Gasteiger partial charge >= 0.3 is 0 Å². The predicted octanol–water partition coefficient (Wildman–Crippen LogP) is 4.79. The number of carbonyl (C=O) groups is 2. The molecule has 2 unspecified atom stereocenters. The molecule has 4 aromatic rings. The molecule has 0 radical (unpaired) electrons. The molecule has 5 rings (SSSR count). The van der Waals surface area contributed by atoms with E-state index in [2.05, 4.69) is 57.3 Å². The van der Waals surface area contributed by atoms with Gasteiger partial charge in [-0.25, -0.2) is 0 Å². The first-order valence-electron chi connectivity index (χ1n) is 16.1. The fourth-order valence-electron chi connectivity index (χ4n) is 5.99. The van der Waals surface area contributed by atoms with E-state index in [1.165, 1.54) is 11.1 Å². The Morgan fingerprint density at radius 2 is 1.46 bits per heavy atom. The van der Waals surface area contributed by atoms with Crippen LogP contribution in [0, 0.1) is 0 Å². The van der Waals surface area contributed by atoms with Gasteiger partial charge < -0.3 is 26.6 Å². The van der Waals surface area contributed by atoms with E-state index in [0.29, 0.717) is 44.1 Å². The molecule has 1 fully saturated rings. The number of amides is 2. The van der Waals surface area contributed by atoms with Crippen LogP contribution in [0.5, 0.6) is 0 Å². The number of aliphatic imine (C=N–C) groups is 1. The number of nitrogens with two attached hydrogens (primary N) is 1. The molecule has 2 atom stereocenters. The normalized spacial score (nSPS) is 17.0. The maximum absolute atomic E-state index is 14.1. The molecular formula is C38H44N6O2. The maximum Gasteiger partial charge on any atom is 0.251 e. The Morgan fingerprint density at radius 1 is 0.870 bits per heavy atom. The van der Waals surface area contributed by atoms with Crippen LogP contribution in [0.3, 0.4) is 0 Å². The van der Waals surface area contributed by atoms with E-state index < -0.39 is 0 Å². The van der Waals surface area contributed by atoms with E-state index in [4.69, 9.17) is 5.73 Å². The van der Waals surface area contributed by atoms with Crippen molar-refractivity contribution < 1.29 is 9.59 Å². The molecular weight excluding hydrogens is 572 g/mol. The van der Waals surface area contributed by atoms with Crippen LogP contribution in [0.2, 0.25) is 0 Å². The highest BCUT2D eigenvalue weighted by Gasteiger charge is 2.32. The lowest BCUT2D eigenvalue weighted by Crippen LogP contribution is -2.49. The van der Waals surface area contributed by atoms with E-state index >= 15 is 0 Å². The van der Waals surface area contributed by atoms with Gasteiger partial charge in [0.2, 0.25) is 5.91 Å². The predicted molar refractivity (Wildman–Crippen MR) is 186 cm³/mol. The number of nitrogens with one attached hydrogen (secondary N) is 3.